The summed E-state index contributed by atoms with van der Waals surface area (Å²) in [5.74, 6) is 0.0607. The van der Waals surface area contributed by atoms with Gasteiger partial charge in [0, 0.05) is 20.0 Å². The van der Waals surface area contributed by atoms with E-state index in [1.54, 1.807) is 18.5 Å². The van der Waals surface area contributed by atoms with Gasteiger partial charge in [0.05, 0.1) is 0 Å². The van der Waals surface area contributed by atoms with Gasteiger partial charge in [-0.3, -0.25) is 29.1 Å². The maximum Gasteiger partial charge on any atom is 0.333 e. The SMILES string of the molecule is CC(=O)C(C)[N+]1=C(CN2CCC(C(N)=O)CC2)N=C2C1C(=O)N(C)C(=O)N2C. The highest BCUT2D eigenvalue weighted by Gasteiger charge is 2.54. The Balaban J connectivity index is 1.91. The number of hydrogen-bond donors (Lipinski definition) is 1. The van der Waals surface area contributed by atoms with E-state index in [0.29, 0.717) is 44.1 Å². The first kappa shape index (κ1) is 20.1. The smallest absolute Gasteiger partial charge is 0.333 e. The van der Waals surface area contributed by atoms with Crippen molar-refractivity contribution in [1.29, 1.82) is 0 Å². The van der Waals surface area contributed by atoms with Crippen molar-refractivity contribution in [1.82, 2.24) is 14.7 Å². The molecule has 10 heteroatoms. The molecule has 0 aromatic rings. The van der Waals surface area contributed by atoms with Gasteiger partial charge in [0.25, 0.3) is 17.8 Å². The van der Waals surface area contributed by atoms with Crippen LogP contribution in [0.5, 0.6) is 0 Å². The summed E-state index contributed by atoms with van der Waals surface area (Å²) in [6.07, 6.45) is 1.34. The molecule has 3 rings (SSSR count). The molecule has 2 fully saturated rings. The Morgan fingerprint density at radius 1 is 1.21 bits per heavy atom. The predicted octanol–water partition coefficient (Wildman–Crippen LogP) is -1.12. The molecule has 28 heavy (non-hydrogen) atoms. The Labute approximate surface area is 163 Å². The molecule has 2 atom stereocenters. The topological polar surface area (TPSA) is 119 Å². The van der Waals surface area contributed by atoms with E-state index in [9.17, 15) is 19.2 Å². The standard InChI is InChI=1S/C18H26N6O4/c1-10(11(2)25)24-13(9-23-7-5-12(6-8-23)15(19)26)20-16-14(24)17(27)22(4)18(28)21(16)3/h10,12,14H,5-9H2,1-4H3,(H-,19,26)/p+1. The molecule has 0 aromatic carbocycles. The molecule has 0 aromatic heterocycles. The molecule has 10 nitrogen and oxygen atoms in total. The van der Waals surface area contributed by atoms with Gasteiger partial charge < -0.3 is 5.73 Å². The van der Waals surface area contributed by atoms with Crippen LogP contribution in [0.1, 0.15) is 26.7 Å². The van der Waals surface area contributed by atoms with Crippen LogP contribution >= 0.6 is 0 Å². The number of likely N-dealkylation sites (N-methyl/N-ethyl adjacent to an activating group) is 2. The van der Waals surface area contributed by atoms with Crippen molar-refractivity contribution in [2.45, 2.75) is 38.8 Å². The second kappa shape index (κ2) is 7.42. The summed E-state index contributed by atoms with van der Waals surface area (Å²) >= 11 is 0. The lowest BCUT2D eigenvalue weighted by Gasteiger charge is -2.32. The summed E-state index contributed by atoms with van der Waals surface area (Å²) in [5.41, 5.74) is 5.40. The summed E-state index contributed by atoms with van der Waals surface area (Å²) in [6.45, 7) is 5.01. The van der Waals surface area contributed by atoms with Gasteiger partial charge in [-0.2, -0.15) is 0 Å². The monoisotopic (exact) mass is 391 g/mol. The Morgan fingerprint density at radius 3 is 2.36 bits per heavy atom. The number of aliphatic imine (C=N–C) groups is 1. The summed E-state index contributed by atoms with van der Waals surface area (Å²) in [5, 5.41) is 0. The minimum Gasteiger partial charge on any atom is -0.369 e. The fraction of sp³-hybridized carbons (Fsp3) is 0.667. The van der Waals surface area contributed by atoms with Crippen molar-refractivity contribution in [2.75, 3.05) is 33.7 Å². The van der Waals surface area contributed by atoms with E-state index < -0.39 is 24.0 Å². The molecule has 3 heterocycles. The number of piperidine rings is 1. The number of amidine groups is 2. The summed E-state index contributed by atoms with van der Waals surface area (Å²) < 4.78 is 1.72. The third-order valence-corrected chi connectivity index (χ3v) is 5.91. The van der Waals surface area contributed by atoms with Gasteiger partial charge in [0.1, 0.15) is 6.54 Å². The van der Waals surface area contributed by atoms with Gasteiger partial charge in [0.15, 0.2) is 11.8 Å². The lowest BCUT2D eigenvalue weighted by atomic mass is 9.96. The molecule has 4 amide bonds. The van der Waals surface area contributed by atoms with Crippen molar-refractivity contribution >= 4 is 35.3 Å². The van der Waals surface area contributed by atoms with Gasteiger partial charge in [-0.1, -0.05) is 0 Å². The van der Waals surface area contributed by atoms with E-state index in [0.717, 1.165) is 4.90 Å². The molecule has 3 aliphatic rings. The van der Waals surface area contributed by atoms with E-state index in [1.807, 2.05) is 0 Å². The average Bonchev–Trinajstić information content (AvgIpc) is 3.03. The lowest BCUT2D eigenvalue weighted by Crippen LogP contribution is -2.62. The van der Waals surface area contributed by atoms with E-state index in [4.69, 9.17) is 5.73 Å². The Hall–Kier alpha value is -2.62. The molecule has 0 radical (unpaired) electrons. The molecule has 2 N–H and O–H groups in total. The molecule has 2 unspecified atom stereocenters. The highest BCUT2D eigenvalue weighted by atomic mass is 16.2. The van der Waals surface area contributed by atoms with Crippen LogP contribution in [0.4, 0.5) is 4.79 Å². The van der Waals surface area contributed by atoms with Gasteiger partial charge in [-0.25, -0.2) is 9.37 Å². The number of likely N-dealkylation sites (tertiary alicyclic amines) is 1. The molecule has 0 spiro atoms. The third kappa shape index (κ3) is 3.32. The van der Waals surface area contributed by atoms with Crippen LogP contribution in [0.15, 0.2) is 4.99 Å². The maximum absolute atomic E-state index is 12.8. The third-order valence-electron chi connectivity index (χ3n) is 5.91. The number of primary amides is 1. The number of nitrogens with zero attached hydrogens (tertiary/aromatic N) is 5. The summed E-state index contributed by atoms with van der Waals surface area (Å²) in [6, 6.07) is -1.79. The number of amides is 4. The van der Waals surface area contributed by atoms with Crippen molar-refractivity contribution in [3.63, 3.8) is 0 Å². The van der Waals surface area contributed by atoms with E-state index in [-0.39, 0.29) is 17.6 Å². The summed E-state index contributed by atoms with van der Waals surface area (Å²) in [7, 11) is 3.01. The van der Waals surface area contributed by atoms with Crippen molar-refractivity contribution in [3.8, 4) is 0 Å². The van der Waals surface area contributed by atoms with Crippen LogP contribution in [0.2, 0.25) is 0 Å². The van der Waals surface area contributed by atoms with Crippen LogP contribution in [-0.4, -0.2) is 100 Å². The number of rotatable bonds is 5. The molecule has 2 saturated heterocycles. The zero-order valence-corrected chi connectivity index (χ0v) is 16.7. The molecule has 3 aliphatic heterocycles. The number of carbonyl (C=O) groups is 4. The molecule has 152 valence electrons. The van der Waals surface area contributed by atoms with Gasteiger partial charge in [-0.05, 0) is 44.8 Å². The number of Topliss-reactive ketones (excluding diaryl/α,β-unsaturated/α-hetero) is 1. The van der Waals surface area contributed by atoms with Crippen molar-refractivity contribution in [2.24, 2.45) is 16.6 Å². The van der Waals surface area contributed by atoms with Crippen LogP contribution in [0, 0.1) is 5.92 Å². The highest BCUT2D eigenvalue weighted by Crippen LogP contribution is 2.22. The van der Waals surface area contributed by atoms with Crippen molar-refractivity contribution in [3.05, 3.63) is 0 Å². The maximum atomic E-state index is 12.8. The highest BCUT2D eigenvalue weighted by molar-refractivity contribution is 6.23. The van der Waals surface area contributed by atoms with E-state index in [1.165, 1.54) is 18.9 Å². The molecule has 0 aliphatic carbocycles. The van der Waals surface area contributed by atoms with Crippen LogP contribution < -0.4 is 5.73 Å². The van der Waals surface area contributed by atoms with Crippen LogP contribution in [0.3, 0.4) is 0 Å². The van der Waals surface area contributed by atoms with E-state index in [2.05, 4.69) is 9.89 Å². The first-order valence-electron chi connectivity index (χ1n) is 9.43. The van der Waals surface area contributed by atoms with Gasteiger partial charge in [-0.15, -0.1) is 0 Å². The zero-order valence-electron chi connectivity index (χ0n) is 16.7. The number of nitrogens with two attached hydrogens (primary N) is 1. The zero-order chi connectivity index (χ0) is 20.7. The fourth-order valence-corrected chi connectivity index (χ4v) is 3.95. The Morgan fingerprint density at radius 2 is 1.82 bits per heavy atom. The van der Waals surface area contributed by atoms with Crippen molar-refractivity contribution < 1.29 is 23.8 Å². The molecular formula is C18H27N6O4+. The van der Waals surface area contributed by atoms with Crippen LogP contribution in [0.25, 0.3) is 0 Å². The van der Waals surface area contributed by atoms with E-state index >= 15 is 0 Å². The Kier molecular flexibility index (Phi) is 5.33. The quantitative estimate of drug-likeness (QED) is 0.595. The fourth-order valence-electron chi connectivity index (χ4n) is 3.95. The number of hydrogen-bond acceptors (Lipinski definition) is 6. The molecule has 0 saturated carbocycles. The molecule has 0 bridgehead atoms. The predicted molar refractivity (Wildman–Crippen MR) is 101 cm³/mol. The summed E-state index contributed by atoms with van der Waals surface area (Å²) in [4.78, 5) is 57.7. The number of carbonyl (C=O) groups excluding carboxylic acids is 4. The first-order valence-corrected chi connectivity index (χ1v) is 9.43. The van der Waals surface area contributed by atoms with Crippen LogP contribution in [-0.2, 0) is 14.4 Å². The first-order chi connectivity index (χ1) is 13.1. The van der Waals surface area contributed by atoms with Gasteiger partial charge >= 0.3 is 11.9 Å². The average molecular weight is 391 g/mol. The number of ketones is 1. The second-order valence-electron chi connectivity index (χ2n) is 7.67. The minimum atomic E-state index is -0.787. The molecular weight excluding hydrogens is 364 g/mol. The lowest BCUT2D eigenvalue weighted by molar-refractivity contribution is -0.556. The number of imide groups is 1. The normalized spacial score (nSPS) is 25.1. The Bertz CT molecular complexity index is 796. The number of fused-ring (bicyclic) bond motifs is 1. The largest absolute Gasteiger partial charge is 0.369 e. The van der Waals surface area contributed by atoms with Gasteiger partial charge in [0.2, 0.25) is 5.91 Å². The second-order valence-corrected chi connectivity index (χ2v) is 7.67. The number of urea groups is 1. The minimum absolute atomic E-state index is 0.0867.